The van der Waals surface area contributed by atoms with Crippen molar-refractivity contribution in [1.82, 2.24) is 0 Å². The van der Waals surface area contributed by atoms with E-state index in [9.17, 15) is 0 Å². The van der Waals surface area contributed by atoms with E-state index in [0.29, 0.717) is 0 Å². The summed E-state index contributed by atoms with van der Waals surface area (Å²) in [4.78, 5) is 0. The van der Waals surface area contributed by atoms with Gasteiger partial charge in [-0.25, -0.2) is 0 Å². The molecule has 6 rings (SSSR count). The highest BCUT2D eigenvalue weighted by Crippen LogP contribution is 2.62. The largest absolute Gasteiger partial charge is 0.0991 e. The van der Waals surface area contributed by atoms with E-state index < -0.39 is 0 Å². The molecule has 31 heavy (non-hydrogen) atoms. The molecule has 0 heterocycles. The van der Waals surface area contributed by atoms with E-state index in [1.807, 2.05) is 12.2 Å². The summed E-state index contributed by atoms with van der Waals surface area (Å²) < 4.78 is 0. The van der Waals surface area contributed by atoms with Crippen molar-refractivity contribution in [3.8, 4) is 11.1 Å². The standard InChI is InChI=1S/C31H22/c1-3-5-13-25-26(4-2)31(29-20-19-21-12-6-7-14-22(21)30(25)29)27-17-10-8-15-23(27)24-16-9-11-18-28(24)31/h3-20H,1-2H2/b13-5-. The summed E-state index contributed by atoms with van der Waals surface area (Å²) in [7, 11) is 0. The molecular formula is C31H22. The van der Waals surface area contributed by atoms with Gasteiger partial charge in [0, 0.05) is 0 Å². The van der Waals surface area contributed by atoms with Gasteiger partial charge in [0.15, 0.2) is 0 Å². The maximum Gasteiger partial charge on any atom is 0.0725 e. The monoisotopic (exact) mass is 394 g/mol. The van der Waals surface area contributed by atoms with E-state index in [1.54, 1.807) is 0 Å². The summed E-state index contributed by atoms with van der Waals surface area (Å²) in [5, 5.41) is 2.53. The molecule has 0 aliphatic heterocycles. The fourth-order valence-corrected chi connectivity index (χ4v) is 5.77. The summed E-state index contributed by atoms with van der Waals surface area (Å²) in [5.41, 5.74) is 10.1. The van der Waals surface area contributed by atoms with Gasteiger partial charge >= 0.3 is 0 Å². The van der Waals surface area contributed by atoms with E-state index in [-0.39, 0.29) is 5.41 Å². The predicted molar refractivity (Wildman–Crippen MR) is 132 cm³/mol. The molecule has 0 aromatic heterocycles. The Hall–Kier alpha value is -3.90. The molecular weight excluding hydrogens is 372 g/mol. The van der Waals surface area contributed by atoms with E-state index >= 15 is 0 Å². The van der Waals surface area contributed by atoms with Gasteiger partial charge < -0.3 is 0 Å². The maximum atomic E-state index is 4.31. The number of hydrogen-bond acceptors (Lipinski definition) is 0. The Balaban J connectivity index is 1.87. The molecule has 4 aromatic carbocycles. The molecule has 0 nitrogen and oxygen atoms in total. The van der Waals surface area contributed by atoms with Crippen LogP contribution in [0.2, 0.25) is 0 Å². The smallest absolute Gasteiger partial charge is 0.0725 e. The molecule has 0 N–H and O–H groups in total. The molecule has 0 heteroatoms. The molecule has 2 aliphatic rings. The Labute approximate surface area is 183 Å². The second kappa shape index (κ2) is 6.55. The molecule has 0 saturated heterocycles. The topological polar surface area (TPSA) is 0 Å². The third-order valence-corrected chi connectivity index (χ3v) is 6.85. The quantitative estimate of drug-likeness (QED) is 0.310. The molecule has 146 valence electrons. The van der Waals surface area contributed by atoms with E-state index in [1.165, 1.54) is 55.3 Å². The van der Waals surface area contributed by atoms with Gasteiger partial charge in [0.1, 0.15) is 0 Å². The molecule has 0 radical (unpaired) electrons. The first kappa shape index (κ1) is 17.9. The van der Waals surface area contributed by atoms with Crippen LogP contribution < -0.4 is 0 Å². The summed E-state index contributed by atoms with van der Waals surface area (Å²) in [6.07, 6.45) is 8.15. The minimum absolute atomic E-state index is 0.352. The molecule has 1 spiro atoms. The third kappa shape index (κ3) is 2.14. The van der Waals surface area contributed by atoms with Crippen LogP contribution >= 0.6 is 0 Å². The van der Waals surface area contributed by atoms with Crippen molar-refractivity contribution in [2.45, 2.75) is 5.41 Å². The minimum Gasteiger partial charge on any atom is -0.0991 e. The summed E-state index contributed by atoms with van der Waals surface area (Å²) in [6, 6.07) is 30.9. The van der Waals surface area contributed by atoms with E-state index in [2.05, 4.69) is 110 Å². The molecule has 0 saturated carbocycles. The van der Waals surface area contributed by atoms with Gasteiger partial charge in [-0.15, -0.1) is 0 Å². The average Bonchev–Trinajstić information content (AvgIpc) is 3.29. The summed E-state index contributed by atoms with van der Waals surface area (Å²) >= 11 is 0. The van der Waals surface area contributed by atoms with Gasteiger partial charge in [-0.3, -0.25) is 0 Å². The van der Waals surface area contributed by atoms with Gasteiger partial charge in [-0.05, 0) is 55.3 Å². The number of allylic oxidation sites excluding steroid dienone is 6. The highest BCUT2D eigenvalue weighted by Gasteiger charge is 2.51. The highest BCUT2D eigenvalue weighted by molar-refractivity contribution is 6.06. The van der Waals surface area contributed by atoms with Crippen LogP contribution in [0.5, 0.6) is 0 Å². The second-order valence-corrected chi connectivity index (χ2v) is 8.18. The third-order valence-electron chi connectivity index (χ3n) is 6.85. The lowest BCUT2D eigenvalue weighted by molar-refractivity contribution is 0.788. The lowest BCUT2D eigenvalue weighted by Crippen LogP contribution is -2.26. The van der Waals surface area contributed by atoms with Crippen LogP contribution in [0.1, 0.15) is 22.3 Å². The molecule has 0 bridgehead atoms. The van der Waals surface area contributed by atoms with Crippen molar-refractivity contribution in [3.05, 3.63) is 150 Å². The van der Waals surface area contributed by atoms with Gasteiger partial charge in [-0.2, -0.15) is 0 Å². The number of rotatable bonds is 3. The van der Waals surface area contributed by atoms with Crippen LogP contribution in [0.25, 0.3) is 27.5 Å². The maximum absolute atomic E-state index is 4.31. The first-order chi connectivity index (χ1) is 15.3. The van der Waals surface area contributed by atoms with Crippen molar-refractivity contribution in [3.63, 3.8) is 0 Å². The van der Waals surface area contributed by atoms with Crippen molar-refractivity contribution in [2.75, 3.05) is 0 Å². The fourth-order valence-electron chi connectivity index (χ4n) is 5.77. The molecule has 0 atom stereocenters. The highest BCUT2D eigenvalue weighted by atomic mass is 14.5. The number of hydrogen-bond donors (Lipinski definition) is 0. The average molecular weight is 395 g/mol. The number of benzene rings is 4. The van der Waals surface area contributed by atoms with Gasteiger partial charge in [-0.1, -0.05) is 122 Å². The zero-order valence-electron chi connectivity index (χ0n) is 17.3. The Bertz CT molecular complexity index is 1410. The van der Waals surface area contributed by atoms with Crippen molar-refractivity contribution in [2.24, 2.45) is 0 Å². The Kier molecular flexibility index (Phi) is 3.79. The van der Waals surface area contributed by atoms with Crippen LogP contribution in [0.3, 0.4) is 0 Å². The van der Waals surface area contributed by atoms with Gasteiger partial charge in [0.05, 0.1) is 5.41 Å². The Morgan fingerprint density at radius 1 is 0.645 bits per heavy atom. The molecule has 2 aliphatic carbocycles. The van der Waals surface area contributed by atoms with Crippen LogP contribution in [0.15, 0.2) is 128 Å². The van der Waals surface area contributed by atoms with Crippen molar-refractivity contribution in [1.29, 1.82) is 0 Å². The van der Waals surface area contributed by atoms with Crippen LogP contribution in [0, 0.1) is 0 Å². The van der Waals surface area contributed by atoms with E-state index in [0.717, 1.165) is 0 Å². The Morgan fingerprint density at radius 2 is 1.29 bits per heavy atom. The lowest BCUT2D eigenvalue weighted by Gasteiger charge is -2.31. The van der Waals surface area contributed by atoms with Gasteiger partial charge in [0.25, 0.3) is 0 Å². The van der Waals surface area contributed by atoms with Crippen LogP contribution in [0.4, 0.5) is 0 Å². The fraction of sp³-hybridized carbons (Fsp3) is 0.0323. The summed E-state index contributed by atoms with van der Waals surface area (Å²) in [5.74, 6) is 0. The zero-order valence-corrected chi connectivity index (χ0v) is 17.3. The molecule has 0 fully saturated rings. The lowest BCUT2D eigenvalue weighted by atomic mass is 9.69. The normalized spacial score (nSPS) is 15.4. The zero-order chi connectivity index (χ0) is 21.0. The summed E-state index contributed by atoms with van der Waals surface area (Å²) in [6.45, 7) is 8.23. The predicted octanol–water partition coefficient (Wildman–Crippen LogP) is 7.85. The first-order valence-electron chi connectivity index (χ1n) is 10.7. The van der Waals surface area contributed by atoms with Gasteiger partial charge in [0.2, 0.25) is 0 Å². The minimum atomic E-state index is -0.352. The van der Waals surface area contributed by atoms with Crippen LogP contribution in [-0.4, -0.2) is 0 Å². The molecule has 0 amide bonds. The van der Waals surface area contributed by atoms with E-state index in [4.69, 9.17) is 0 Å². The molecule has 4 aromatic rings. The SMILES string of the molecule is C=C/C=C\C1=C(C=C)C2(c3ccccc3-c3ccccc32)c2ccc3ccccc3c21. The van der Waals surface area contributed by atoms with Crippen LogP contribution in [-0.2, 0) is 5.41 Å². The Morgan fingerprint density at radius 3 is 1.97 bits per heavy atom. The van der Waals surface area contributed by atoms with Crippen molar-refractivity contribution < 1.29 is 0 Å². The molecule has 0 unspecified atom stereocenters. The first-order valence-corrected chi connectivity index (χ1v) is 10.7. The second-order valence-electron chi connectivity index (χ2n) is 8.18. The number of fused-ring (bicyclic) bond motifs is 9. The van der Waals surface area contributed by atoms with Crippen molar-refractivity contribution >= 4 is 16.3 Å².